The van der Waals surface area contributed by atoms with Gasteiger partial charge in [-0.15, -0.1) is 0 Å². The van der Waals surface area contributed by atoms with Crippen LogP contribution in [0.5, 0.6) is 0 Å². The van der Waals surface area contributed by atoms with Gasteiger partial charge >= 0.3 is 17.9 Å². The van der Waals surface area contributed by atoms with Crippen molar-refractivity contribution in [3.63, 3.8) is 0 Å². The molecular formula is C64H100O25Y. The summed E-state index contributed by atoms with van der Waals surface area (Å²) in [5.74, 6) is -4.26. The number of carbonyl (C=O) groups is 3. The molecule has 4 saturated carbocycles. The van der Waals surface area contributed by atoms with Crippen LogP contribution in [0.1, 0.15) is 134 Å². The van der Waals surface area contributed by atoms with Crippen LogP contribution in [0.25, 0.3) is 0 Å². The van der Waals surface area contributed by atoms with E-state index in [1.807, 2.05) is 13.8 Å². The van der Waals surface area contributed by atoms with E-state index in [-0.39, 0.29) is 63.0 Å². The molecule has 8 fully saturated rings. The third kappa shape index (κ3) is 12.3. The van der Waals surface area contributed by atoms with Gasteiger partial charge in [-0.25, -0.2) is 14.4 Å². The van der Waals surface area contributed by atoms with Crippen molar-refractivity contribution < 1.29 is 156 Å². The molecule has 1 radical (unpaired) electrons. The minimum atomic E-state index is -2.12. The number of fused-ring (bicyclic) bond motifs is 7. The van der Waals surface area contributed by atoms with Crippen LogP contribution in [0, 0.1) is 56.2 Å². The molecule has 10 unspecified atom stereocenters. The zero-order valence-electron chi connectivity index (χ0n) is 53.8. The SMILES string of the molecule is C/C=C(/C)C(=O)O[C@@H]1C(O)[C@H](C[C@H]2[C@H](O)[C@@]3(CO)C(CC2(C)C)C2=CCC4[C@@]5(C)CC[C@H](O[C@@H]6OC(C(=O)O)[C@@H](O)[C@@H](O[C@@H]7O[C@@H](CO)[C@@H](O)C7O)C6O[C@@H]6OC(CO)[C@H](O)[C@@H](O)C6O)C(C)(C)C5CC[C@@]4(C)[C@]2(C)C[C@H]3O)OC(C)[C@@H]1OC(=O)/C(C)=C\C.[Y]. The van der Waals surface area contributed by atoms with E-state index in [0.717, 1.165) is 5.57 Å². The van der Waals surface area contributed by atoms with Crippen LogP contribution in [0.2, 0.25) is 0 Å². The number of carbonyl (C=O) groups excluding carboxylic acids is 2. The number of esters is 2. The van der Waals surface area contributed by atoms with Crippen LogP contribution in [-0.4, -0.2) is 239 Å². The van der Waals surface area contributed by atoms with E-state index >= 15 is 0 Å². The first-order valence-corrected chi connectivity index (χ1v) is 31.7. The van der Waals surface area contributed by atoms with Crippen LogP contribution in [0.3, 0.4) is 0 Å². The monoisotopic (exact) mass is 1360 g/mol. The second kappa shape index (κ2) is 27.5. The van der Waals surface area contributed by atoms with E-state index in [4.69, 9.17) is 42.6 Å². The number of rotatable bonds is 16. The average molecular weight is 1360 g/mol. The topological polar surface area (TPSA) is 397 Å². The van der Waals surface area contributed by atoms with Crippen molar-refractivity contribution in [3.8, 4) is 0 Å². The molecule has 0 amide bonds. The minimum absolute atomic E-state index is 0. The van der Waals surface area contributed by atoms with Gasteiger partial charge < -0.3 is 109 Å². The first kappa shape index (κ1) is 73.8. The Bertz CT molecular complexity index is 2670. The summed E-state index contributed by atoms with van der Waals surface area (Å²) < 4.78 is 54.9. The smallest absolute Gasteiger partial charge is 0.335 e. The maximum Gasteiger partial charge on any atom is 0.335 e. The summed E-state index contributed by atoms with van der Waals surface area (Å²) in [5, 5.41) is 146. The number of aliphatic carboxylic acids is 1. The second-order valence-corrected chi connectivity index (χ2v) is 29.2. The molecule has 509 valence electrons. The number of carboxylic acids is 1. The number of aliphatic hydroxyl groups excluding tert-OH is 12. The molecule has 4 aliphatic heterocycles. The van der Waals surface area contributed by atoms with Gasteiger partial charge in [0.25, 0.3) is 0 Å². The number of hydrogen-bond acceptors (Lipinski definition) is 24. The quantitative estimate of drug-likeness (QED) is 0.0440. The van der Waals surface area contributed by atoms with Crippen LogP contribution in [-0.2, 0) is 89.7 Å². The normalized spacial score (nSPS) is 49.1. The Balaban J connectivity index is 0.0000105. The van der Waals surface area contributed by atoms with Gasteiger partial charge in [-0.2, -0.15) is 0 Å². The zero-order chi connectivity index (χ0) is 65.7. The molecule has 0 spiro atoms. The molecule has 4 saturated heterocycles. The van der Waals surface area contributed by atoms with Gasteiger partial charge in [0, 0.05) is 43.9 Å². The third-order valence-electron chi connectivity index (χ3n) is 24.0. The van der Waals surface area contributed by atoms with Gasteiger partial charge in [-0.05, 0) is 137 Å². The van der Waals surface area contributed by atoms with Crippen molar-refractivity contribution >= 4 is 17.9 Å². The van der Waals surface area contributed by atoms with E-state index in [0.29, 0.717) is 44.1 Å². The summed E-state index contributed by atoms with van der Waals surface area (Å²) in [5.41, 5.74) is -2.75. The first-order valence-electron chi connectivity index (χ1n) is 31.7. The minimum Gasteiger partial charge on any atom is -0.479 e. The van der Waals surface area contributed by atoms with Crippen LogP contribution in [0.15, 0.2) is 34.9 Å². The molecule has 9 aliphatic rings. The first-order chi connectivity index (χ1) is 41.6. The molecule has 25 nitrogen and oxygen atoms in total. The standard InChI is InChI=1S/C64H100O25.Y/c1-13-27(3)54(79)85-47-29(5)81-33(42(71)48(47)86-55(80)28(4)14-2)21-31-52(76)64(26-67)32(22-59(31,6)7)30-15-16-37-61(10)19-18-39(60(8,9)36(61)17-20-62(37,11)63(30,12)23-38(64)68)84-58-51(89-57-45(74)43(72)40(69)34(24-65)82-57)49(46(75)50(88-58)53(77)78)87-56-44(73)41(70)35(25-66)83-56;/h13-15,29,31-52,56-58,65-76H,16-26H2,1-12H3,(H,77,78);/b27-13-,28-14-;/t29?,31-,32?,33-,34?,35-,36?,37?,38+,39-,40-,41+,42?,43+,44?,45?,46-,47-,48+,49+,50?,51?,52-,56-,57-,58+,61-,62+,63+,64-;/m0./s1. The van der Waals surface area contributed by atoms with Crippen LogP contribution in [0.4, 0.5) is 0 Å². The summed E-state index contributed by atoms with van der Waals surface area (Å²) in [4.78, 5) is 39.4. The molecule has 0 bridgehead atoms. The maximum absolute atomic E-state index is 13.3. The van der Waals surface area contributed by atoms with E-state index in [2.05, 4.69) is 40.7 Å². The Kier molecular flexibility index (Phi) is 22.5. The van der Waals surface area contributed by atoms with Crippen LogP contribution < -0.4 is 0 Å². The molecular weight excluding hydrogens is 1260 g/mol. The molecule has 4 heterocycles. The van der Waals surface area contributed by atoms with Gasteiger partial charge in [0.05, 0.1) is 55.8 Å². The number of carboxylic acid groups (broad SMARTS) is 1. The van der Waals surface area contributed by atoms with Crippen molar-refractivity contribution in [2.45, 2.75) is 269 Å². The number of ether oxygens (including phenoxy) is 9. The number of aliphatic hydroxyl groups is 12. The fourth-order valence-electron chi connectivity index (χ4n) is 18.3. The summed E-state index contributed by atoms with van der Waals surface area (Å²) in [6.07, 6.45) is -25.5. The average Bonchev–Trinajstić information content (AvgIpc) is 0.724. The van der Waals surface area contributed by atoms with E-state index < -0.39 is 217 Å². The summed E-state index contributed by atoms with van der Waals surface area (Å²) in [6, 6.07) is 0. The van der Waals surface area contributed by atoms with Gasteiger partial charge in [0.1, 0.15) is 67.1 Å². The third-order valence-corrected chi connectivity index (χ3v) is 24.0. The van der Waals surface area contributed by atoms with Crippen molar-refractivity contribution in [2.24, 2.45) is 56.2 Å². The largest absolute Gasteiger partial charge is 0.479 e. The summed E-state index contributed by atoms with van der Waals surface area (Å²) in [6.45, 7) is 21.0. The summed E-state index contributed by atoms with van der Waals surface area (Å²) >= 11 is 0. The molecule has 9 rings (SSSR count). The zero-order valence-corrected chi connectivity index (χ0v) is 56.6. The Morgan fingerprint density at radius 1 is 0.622 bits per heavy atom. The molecule has 0 aromatic heterocycles. The molecule has 90 heavy (non-hydrogen) atoms. The van der Waals surface area contributed by atoms with Crippen molar-refractivity contribution in [1.82, 2.24) is 0 Å². The molecule has 5 aliphatic carbocycles. The maximum atomic E-state index is 13.3. The van der Waals surface area contributed by atoms with Gasteiger partial charge in [-0.3, -0.25) is 0 Å². The van der Waals surface area contributed by atoms with E-state index in [1.54, 1.807) is 46.8 Å². The fourth-order valence-corrected chi connectivity index (χ4v) is 18.3. The Labute approximate surface area is 551 Å². The van der Waals surface area contributed by atoms with E-state index in [1.165, 1.54) is 0 Å². The van der Waals surface area contributed by atoms with Gasteiger partial charge in [0.15, 0.2) is 37.2 Å². The van der Waals surface area contributed by atoms with Crippen LogP contribution >= 0.6 is 0 Å². The van der Waals surface area contributed by atoms with Crippen molar-refractivity contribution in [3.05, 3.63) is 34.9 Å². The molecule has 30 atom stereocenters. The van der Waals surface area contributed by atoms with E-state index in [9.17, 15) is 80.8 Å². The fraction of sp³-hybridized carbons (Fsp3) is 0.859. The molecule has 13 N–H and O–H groups in total. The molecule has 0 aromatic carbocycles. The predicted molar refractivity (Wildman–Crippen MR) is 310 cm³/mol. The van der Waals surface area contributed by atoms with Gasteiger partial charge in [0.2, 0.25) is 0 Å². The molecule has 26 heteroatoms. The second-order valence-electron chi connectivity index (χ2n) is 29.2. The predicted octanol–water partition coefficient (Wildman–Crippen LogP) is 0.805. The van der Waals surface area contributed by atoms with Crippen molar-refractivity contribution in [2.75, 3.05) is 19.8 Å². The Morgan fingerprint density at radius 3 is 1.73 bits per heavy atom. The summed E-state index contributed by atoms with van der Waals surface area (Å²) in [7, 11) is 0. The Morgan fingerprint density at radius 2 is 1.18 bits per heavy atom. The van der Waals surface area contributed by atoms with Gasteiger partial charge in [-0.1, -0.05) is 72.3 Å². The Hall–Kier alpha value is -2.03. The number of hydrogen-bond donors (Lipinski definition) is 13. The molecule has 0 aromatic rings. The van der Waals surface area contributed by atoms with Crippen molar-refractivity contribution in [1.29, 1.82) is 0 Å². The number of allylic oxidation sites excluding steroid dienone is 4.